The molecule has 0 aliphatic carbocycles. The number of halogens is 2. The molecule has 0 heterocycles. The monoisotopic (exact) mass is 444 g/mol. The summed E-state index contributed by atoms with van der Waals surface area (Å²) in [5, 5.41) is 7.20. The molecule has 0 unspecified atom stereocenters. The summed E-state index contributed by atoms with van der Waals surface area (Å²) >= 11 is 12.3. The Bertz CT molecular complexity index is 1020. The molecule has 0 radical (unpaired) electrons. The van der Waals surface area contributed by atoms with E-state index >= 15 is 0 Å². The first-order valence-corrected chi connectivity index (χ1v) is 10.1. The zero-order valence-corrected chi connectivity index (χ0v) is 18.2. The van der Waals surface area contributed by atoms with E-state index in [0.717, 1.165) is 11.1 Å². The van der Waals surface area contributed by atoms with Crippen molar-refractivity contribution in [1.82, 2.24) is 0 Å². The molecule has 0 fully saturated rings. The van der Waals surface area contributed by atoms with Crippen molar-refractivity contribution >= 4 is 40.5 Å². The van der Waals surface area contributed by atoms with Crippen molar-refractivity contribution in [3.8, 4) is 11.5 Å². The number of hydrogen-bond acceptors (Lipinski definition) is 4. The predicted octanol–water partition coefficient (Wildman–Crippen LogP) is 5.94. The summed E-state index contributed by atoms with van der Waals surface area (Å²) in [6, 6.07) is 18.3. The Hall–Kier alpha value is -2.89. The molecule has 3 rings (SSSR count). The Balaban J connectivity index is 1.69. The molecular weight excluding hydrogens is 423 g/mol. The molecule has 7 heteroatoms. The molecule has 0 aliphatic heterocycles. The SMILES string of the molecule is COc1cccc(CNc2cc(Cl)ccc2Cl)c1OCC(=O)Nc1ccc(C)cc1. The number of para-hydroxylation sites is 1. The number of carbonyl (C=O) groups is 1. The van der Waals surface area contributed by atoms with E-state index in [-0.39, 0.29) is 12.5 Å². The van der Waals surface area contributed by atoms with Crippen LogP contribution in [0.25, 0.3) is 0 Å². The first kappa shape index (κ1) is 21.8. The van der Waals surface area contributed by atoms with Gasteiger partial charge >= 0.3 is 0 Å². The second-order valence-corrected chi connectivity index (χ2v) is 7.47. The van der Waals surface area contributed by atoms with Gasteiger partial charge in [-0.2, -0.15) is 0 Å². The van der Waals surface area contributed by atoms with Crippen LogP contribution in [0.2, 0.25) is 10.0 Å². The van der Waals surface area contributed by atoms with Gasteiger partial charge in [-0.1, -0.05) is 53.0 Å². The van der Waals surface area contributed by atoms with E-state index in [1.165, 1.54) is 0 Å². The largest absolute Gasteiger partial charge is 0.493 e. The minimum atomic E-state index is -0.262. The summed E-state index contributed by atoms with van der Waals surface area (Å²) in [4.78, 5) is 12.3. The maximum atomic E-state index is 12.3. The van der Waals surface area contributed by atoms with Crippen molar-refractivity contribution in [1.29, 1.82) is 0 Å². The lowest BCUT2D eigenvalue weighted by Gasteiger charge is -2.16. The molecule has 0 aliphatic rings. The molecule has 0 saturated carbocycles. The number of hydrogen-bond donors (Lipinski definition) is 2. The van der Waals surface area contributed by atoms with E-state index in [0.29, 0.717) is 39.5 Å². The standard InChI is InChI=1S/C23H22Cl2N2O3/c1-15-6-9-18(10-7-15)27-22(28)14-30-23-16(4-3-5-21(23)29-2)13-26-20-12-17(24)8-11-19(20)25/h3-12,26H,13-14H2,1-2H3,(H,27,28). The Morgan fingerprint density at radius 1 is 1.03 bits per heavy atom. The van der Waals surface area contributed by atoms with Crippen LogP contribution < -0.4 is 20.1 Å². The molecule has 1 amide bonds. The minimum Gasteiger partial charge on any atom is -0.493 e. The van der Waals surface area contributed by atoms with Gasteiger partial charge in [-0.3, -0.25) is 4.79 Å². The summed E-state index contributed by atoms with van der Waals surface area (Å²) in [6.07, 6.45) is 0. The molecular formula is C23H22Cl2N2O3. The Kier molecular flexibility index (Phi) is 7.44. The van der Waals surface area contributed by atoms with Crippen LogP contribution in [0, 0.1) is 6.92 Å². The second-order valence-electron chi connectivity index (χ2n) is 6.63. The fraction of sp³-hybridized carbons (Fsp3) is 0.174. The molecule has 0 spiro atoms. The van der Waals surface area contributed by atoms with E-state index in [2.05, 4.69) is 10.6 Å². The van der Waals surface area contributed by atoms with Crippen LogP contribution in [0.4, 0.5) is 11.4 Å². The van der Waals surface area contributed by atoms with Gasteiger partial charge in [0.1, 0.15) is 0 Å². The quantitative estimate of drug-likeness (QED) is 0.451. The van der Waals surface area contributed by atoms with Crippen LogP contribution in [-0.2, 0) is 11.3 Å². The number of benzene rings is 3. The highest BCUT2D eigenvalue weighted by Crippen LogP contribution is 2.33. The van der Waals surface area contributed by atoms with Crippen molar-refractivity contribution in [2.75, 3.05) is 24.4 Å². The van der Waals surface area contributed by atoms with Crippen molar-refractivity contribution in [2.45, 2.75) is 13.5 Å². The average molecular weight is 445 g/mol. The van der Waals surface area contributed by atoms with Gasteiger partial charge in [0.15, 0.2) is 18.1 Å². The number of amides is 1. The topological polar surface area (TPSA) is 59.6 Å². The molecule has 3 aromatic carbocycles. The molecule has 30 heavy (non-hydrogen) atoms. The minimum absolute atomic E-state index is 0.154. The van der Waals surface area contributed by atoms with Crippen molar-refractivity contribution in [3.05, 3.63) is 81.8 Å². The van der Waals surface area contributed by atoms with Crippen LogP contribution >= 0.6 is 23.2 Å². The summed E-state index contributed by atoms with van der Waals surface area (Å²) in [5.41, 5.74) is 3.35. The first-order valence-electron chi connectivity index (χ1n) is 9.30. The number of nitrogens with one attached hydrogen (secondary N) is 2. The molecule has 156 valence electrons. The van der Waals surface area contributed by atoms with Crippen molar-refractivity contribution < 1.29 is 14.3 Å². The third-order valence-electron chi connectivity index (χ3n) is 4.36. The van der Waals surface area contributed by atoms with Crippen LogP contribution in [0.1, 0.15) is 11.1 Å². The van der Waals surface area contributed by atoms with Gasteiger partial charge in [0.05, 0.1) is 17.8 Å². The summed E-state index contributed by atoms with van der Waals surface area (Å²) < 4.78 is 11.2. The van der Waals surface area contributed by atoms with Crippen LogP contribution in [0.15, 0.2) is 60.7 Å². The zero-order valence-electron chi connectivity index (χ0n) is 16.7. The zero-order chi connectivity index (χ0) is 21.5. The van der Waals surface area contributed by atoms with Gasteiger partial charge in [-0.15, -0.1) is 0 Å². The highest BCUT2D eigenvalue weighted by Gasteiger charge is 2.13. The van der Waals surface area contributed by atoms with Gasteiger partial charge < -0.3 is 20.1 Å². The van der Waals surface area contributed by atoms with Crippen LogP contribution in [0.3, 0.4) is 0 Å². The number of methoxy groups -OCH3 is 1. The smallest absolute Gasteiger partial charge is 0.262 e. The van der Waals surface area contributed by atoms with Crippen LogP contribution in [-0.4, -0.2) is 19.6 Å². The fourth-order valence-corrected chi connectivity index (χ4v) is 3.18. The molecule has 3 aromatic rings. The fourth-order valence-electron chi connectivity index (χ4n) is 2.82. The summed E-state index contributed by atoms with van der Waals surface area (Å²) in [5.74, 6) is 0.765. The third kappa shape index (κ3) is 5.81. The number of carbonyl (C=O) groups excluding carboxylic acids is 1. The highest BCUT2D eigenvalue weighted by molar-refractivity contribution is 6.35. The number of rotatable bonds is 8. The molecule has 0 atom stereocenters. The molecule has 5 nitrogen and oxygen atoms in total. The molecule has 0 aromatic heterocycles. The summed E-state index contributed by atoms with van der Waals surface area (Å²) in [7, 11) is 1.56. The normalized spacial score (nSPS) is 10.4. The van der Waals surface area contributed by atoms with Gasteiger partial charge in [0.25, 0.3) is 5.91 Å². The predicted molar refractivity (Wildman–Crippen MR) is 122 cm³/mol. The molecule has 0 bridgehead atoms. The van der Waals surface area contributed by atoms with Gasteiger partial charge in [-0.05, 0) is 43.3 Å². The lowest BCUT2D eigenvalue weighted by atomic mass is 10.1. The average Bonchev–Trinajstić information content (AvgIpc) is 2.74. The van der Waals surface area contributed by atoms with E-state index in [1.54, 1.807) is 31.4 Å². The van der Waals surface area contributed by atoms with Crippen molar-refractivity contribution in [3.63, 3.8) is 0 Å². The number of aryl methyl sites for hydroxylation is 1. The Labute approximate surface area is 185 Å². The maximum absolute atomic E-state index is 12.3. The van der Waals surface area contributed by atoms with E-state index < -0.39 is 0 Å². The number of anilines is 2. The molecule has 2 N–H and O–H groups in total. The number of ether oxygens (including phenoxy) is 2. The lowest BCUT2D eigenvalue weighted by molar-refractivity contribution is -0.118. The van der Waals surface area contributed by atoms with Gasteiger partial charge in [-0.25, -0.2) is 0 Å². The second kappa shape index (κ2) is 10.2. The summed E-state index contributed by atoms with van der Waals surface area (Å²) in [6.45, 7) is 2.24. The lowest BCUT2D eigenvalue weighted by Crippen LogP contribution is -2.21. The van der Waals surface area contributed by atoms with E-state index in [1.807, 2.05) is 43.3 Å². The van der Waals surface area contributed by atoms with E-state index in [4.69, 9.17) is 32.7 Å². The van der Waals surface area contributed by atoms with Crippen molar-refractivity contribution in [2.24, 2.45) is 0 Å². The van der Waals surface area contributed by atoms with Crippen LogP contribution in [0.5, 0.6) is 11.5 Å². The van der Waals surface area contributed by atoms with Gasteiger partial charge in [0, 0.05) is 22.8 Å². The van der Waals surface area contributed by atoms with Gasteiger partial charge in [0.2, 0.25) is 0 Å². The maximum Gasteiger partial charge on any atom is 0.262 e. The Morgan fingerprint density at radius 3 is 2.53 bits per heavy atom. The highest BCUT2D eigenvalue weighted by atomic mass is 35.5. The Morgan fingerprint density at radius 2 is 1.80 bits per heavy atom. The first-order chi connectivity index (χ1) is 14.5. The third-order valence-corrected chi connectivity index (χ3v) is 4.93. The molecule has 0 saturated heterocycles. The van der Waals surface area contributed by atoms with E-state index in [9.17, 15) is 4.79 Å².